The van der Waals surface area contributed by atoms with Crippen molar-refractivity contribution in [3.05, 3.63) is 71.8 Å². The number of nitrogens with one attached hydrogen (secondary N) is 1. The molecule has 1 amide bonds. The molecule has 2 aromatic rings. The molecule has 1 N–H and O–H groups in total. The Morgan fingerprint density at radius 2 is 1.27 bits per heavy atom. The van der Waals surface area contributed by atoms with Crippen molar-refractivity contribution in [3.8, 4) is 0 Å². The molecule has 9 heteroatoms. The lowest BCUT2D eigenvalue weighted by Gasteiger charge is -2.44. The highest BCUT2D eigenvalue weighted by Crippen LogP contribution is 2.43. The van der Waals surface area contributed by atoms with Gasteiger partial charge < -0.3 is 28.7 Å². The van der Waals surface area contributed by atoms with Crippen LogP contribution in [0.3, 0.4) is 0 Å². The van der Waals surface area contributed by atoms with E-state index < -0.39 is 44.2 Å². The third-order valence-electron chi connectivity index (χ3n) is 8.82. The highest BCUT2D eigenvalue weighted by molar-refractivity contribution is 6.77. The van der Waals surface area contributed by atoms with Crippen molar-refractivity contribution in [2.75, 3.05) is 19.8 Å². The van der Waals surface area contributed by atoms with Crippen molar-refractivity contribution < 1.29 is 33.0 Å². The lowest BCUT2D eigenvalue weighted by atomic mass is 9.91. The molecule has 0 saturated heterocycles. The van der Waals surface area contributed by atoms with Crippen LogP contribution in [0.15, 0.2) is 60.7 Å². The average Bonchev–Trinajstić information content (AvgIpc) is 3.00. The first-order chi connectivity index (χ1) is 23.0. The smallest absolute Gasteiger partial charge is 0.408 e. The number of alkyl carbamates (subject to hydrolysis) is 1. The van der Waals surface area contributed by atoms with Crippen LogP contribution in [0.25, 0.3) is 0 Å². The molecule has 2 rings (SSSR count). The number of hydrogen-bond donors (Lipinski definition) is 1. The molecule has 0 heterocycles. The molecule has 0 aliphatic rings. The lowest BCUT2D eigenvalue weighted by Crippen LogP contribution is -2.51. The van der Waals surface area contributed by atoms with Crippen molar-refractivity contribution in [1.29, 1.82) is 0 Å². The van der Waals surface area contributed by atoms with Crippen LogP contribution in [0, 0.1) is 11.8 Å². The molecule has 0 aliphatic carbocycles. The van der Waals surface area contributed by atoms with Crippen LogP contribution in [0.1, 0.15) is 94.2 Å². The summed E-state index contributed by atoms with van der Waals surface area (Å²) in [6.07, 6.45) is -1.12. The highest BCUT2D eigenvalue weighted by atomic mass is 28.4. The number of carbonyl (C=O) groups excluding carboxylic acids is 2. The predicted molar refractivity (Wildman–Crippen MR) is 200 cm³/mol. The summed E-state index contributed by atoms with van der Waals surface area (Å²) in [7, 11) is -2.21. The standard InChI is InChI=1S/C40H65NO7Si/c1-28(2)24-45-37(35(23-33-19-15-13-16-20-33)26-46-49(29(3)4,30(5)6)31(7)8)32(9)47-38(42)36(41-39(43)48-40(10,11)12)27-44-25-34-21-17-14-18-22-34/h13-22,28-32,35-37H,23-27H2,1-12H3,(H,41,43)/t32-,35-,36-,37-/m0/s1. The van der Waals surface area contributed by atoms with Crippen LogP contribution in [-0.2, 0) is 41.2 Å². The summed E-state index contributed by atoms with van der Waals surface area (Å²) in [5.41, 5.74) is 2.65. The van der Waals surface area contributed by atoms with Crippen molar-refractivity contribution in [3.63, 3.8) is 0 Å². The van der Waals surface area contributed by atoms with Gasteiger partial charge in [0.2, 0.25) is 0 Å². The fourth-order valence-electron chi connectivity index (χ4n) is 6.72. The fraction of sp³-hybridized carbons (Fsp3) is 0.650. The van der Waals surface area contributed by atoms with Gasteiger partial charge in [0.15, 0.2) is 14.4 Å². The molecule has 49 heavy (non-hydrogen) atoms. The minimum Gasteiger partial charge on any atom is -0.458 e. The van der Waals surface area contributed by atoms with Crippen molar-refractivity contribution in [2.45, 2.75) is 137 Å². The normalized spacial score (nSPS) is 14.9. The topological polar surface area (TPSA) is 92.3 Å². The molecule has 0 aliphatic heterocycles. The van der Waals surface area contributed by atoms with E-state index in [1.54, 1.807) is 20.8 Å². The minimum atomic E-state index is -2.21. The first-order valence-electron chi connectivity index (χ1n) is 18.1. The fourth-order valence-corrected chi connectivity index (χ4v) is 12.2. The summed E-state index contributed by atoms with van der Waals surface area (Å²) >= 11 is 0. The Hall–Kier alpha value is -2.72. The number of hydrogen-bond acceptors (Lipinski definition) is 7. The van der Waals surface area contributed by atoms with Crippen molar-refractivity contribution >= 4 is 20.4 Å². The number of esters is 1. The van der Waals surface area contributed by atoms with E-state index in [0.29, 0.717) is 36.3 Å². The largest absolute Gasteiger partial charge is 0.458 e. The van der Waals surface area contributed by atoms with E-state index in [1.165, 1.54) is 0 Å². The van der Waals surface area contributed by atoms with Gasteiger partial charge in [-0.2, -0.15) is 0 Å². The Bertz CT molecular complexity index is 1210. The maximum Gasteiger partial charge on any atom is 0.408 e. The van der Waals surface area contributed by atoms with Gasteiger partial charge in [-0.15, -0.1) is 0 Å². The van der Waals surface area contributed by atoms with E-state index in [1.807, 2.05) is 55.5 Å². The molecule has 4 atom stereocenters. The van der Waals surface area contributed by atoms with Gasteiger partial charge in [0, 0.05) is 19.1 Å². The zero-order chi connectivity index (χ0) is 36.8. The Morgan fingerprint density at radius 1 is 0.735 bits per heavy atom. The third-order valence-corrected chi connectivity index (χ3v) is 14.9. The summed E-state index contributed by atoms with van der Waals surface area (Å²) in [6.45, 7) is 26.3. The third kappa shape index (κ3) is 14.2. The maximum absolute atomic E-state index is 13.9. The molecule has 0 bridgehead atoms. The van der Waals surface area contributed by atoms with Crippen LogP contribution in [0.2, 0.25) is 16.6 Å². The Labute approximate surface area is 298 Å². The second-order valence-electron chi connectivity index (χ2n) is 15.6. The molecule has 0 aromatic heterocycles. The summed E-state index contributed by atoms with van der Waals surface area (Å²) < 4.78 is 31.3. The summed E-state index contributed by atoms with van der Waals surface area (Å²) in [5, 5.41) is 2.68. The average molecular weight is 700 g/mol. The maximum atomic E-state index is 13.9. The first-order valence-corrected chi connectivity index (χ1v) is 20.2. The van der Waals surface area contributed by atoms with Crippen LogP contribution in [-0.4, -0.2) is 64.1 Å². The van der Waals surface area contributed by atoms with Crippen molar-refractivity contribution in [1.82, 2.24) is 5.32 Å². The molecule has 0 unspecified atom stereocenters. The Balaban J connectivity index is 2.40. The van der Waals surface area contributed by atoms with Gasteiger partial charge in [-0.05, 0) is 67.8 Å². The molecule has 2 aromatic carbocycles. The molecule has 0 radical (unpaired) electrons. The summed E-state index contributed by atoms with van der Waals surface area (Å²) in [4.78, 5) is 26.7. The van der Waals surface area contributed by atoms with Crippen molar-refractivity contribution in [2.24, 2.45) is 11.8 Å². The second kappa shape index (κ2) is 20.2. The number of amides is 1. The zero-order valence-electron chi connectivity index (χ0n) is 32.3. The van der Waals surface area contributed by atoms with Gasteiger partial charge in [-0.25, -0.2) is 9.59 Å². The molecule has 8 nitrogen and oxygen atoms in total. The van der Waals surface area contributed by atoms with Crippen LogP contribution in [0.5, 0.6) is 0 Å². The van der Waals surface area contributed by atoms with Gasteiger partial charge in [-0.3, -0.25) is 0 Å². The van der Waals surface area contributed by atoms with E-state index in [9.17, 15) is 9.59 Å². The monoisotopic (exact) mass is 699 g/mol. The number of carbonyl (C=O) groups is 2. The van der Waals surface area contributed by atoms with E-state index >= 15 is 0 Å². The van der Waals surface area contributed by atoms with Gasteiger partial charge >= 0.3 is 12.1 Å². The van der Waals surface area contributed by atoms with Crippen LogP contribution >= 0.6 is 0 Å². The Morgan fingerprint density at radius 3 is 1.76 bits per heavy atom. The molecular formula is C40H65NO7Si. The first kappa shape index (κ1) is 42.4. The minimum absolute atomic E-state index is 0.0843. The van der Waals surface area contributed by atoms with E-state index in [0.717, 1.165) is 11.1 Å². The van der Waals surface area contributed by atoms with Gasteiger partial charge in [0.25, 0.3) is 0 Å². The number of benzene rings is 2. The molecule has 0 spiro atoms. The SMILES string of the molecule is CC(C)CO[C@H]([C@H](CO[Si](C(C)C)(C(C)C)C(C)C)Cc1ccccc1)[C@H](C)OC(=O)[C@H](COCc1ccccc1)NC(=O)OC(C)(C)C. The molecular weight excluding hydrogens is 635 g/mol. The zero-order valence-corrected chi connectivity index (χ0v) is 33.3. The van der Waals surface area contributed by atoms with E-state index in [-0.39, 0.29) is 25.0 Å². The predicted octanol–water partition coefficient (Wildman–Crippen LogP) is 9.12. The summed E-state index contributed by atoms with van der Waals surface area (Å²) in [6, 6.07) is 18.9. The van der Waals surface area contributed by atoms with E-state index in [4.69, 9.17) is 23.4 Å². The molecule has 0 saturated carbocycles. The van der Waals surface area contributed by atoms with Gasteiger partial charge in [0.05, 0.1) is 19.3 Å². The van der Waals surface area contributed by atoms with Crippen LogP contribution in [0.4, 0.5) is 4.79 Å². The van der Waals surface area contributed by atoms with E-state index in [2.05, 4.69) is 72.8 Å². The van der Waals surface area contributed by atoms with Crippen LogP contribution < -0.4 is 5.32 Å². The molecule has 276 valence electrons. The van der Waals surface area contributed by atoms with Gasteiger partial charge in [-0.1, -0.05) is 116 Å². The van der Waals surface area contributed by atoms with Gasteiger partial charge in [0.1, 0.15) is 11.7 Å². The second-order valence-corrected chi connectivity index (χ2v) is 21.1. The summed E-state index contributed by atoms with van der Waals surface area (Å²) in [5.74, 6) is -0.440. The number of rotatable bonds is 20. The molecule has 0 fully saturated rings. The number of ether oxygens (including phenoxy) is 4. The highest BCUT2D eigenvalue weighted by Gasteiger charge is 2.46. The lowest BCUT2D eigenvalue weighted by molar-refractivity contribution is -0.165. The quantitative estimate of drug-likeness (QED) is 0.109. The Kier molecular flexibility index (Phi) is 17.5.